The zero-order chi connectivity index (χ0) is 12.7. The lowest BCUT2D eigenvalue weighted by Gasteiger charge is -1.96. The van der Waals surface area contributed by atoms with Crippen molar-refractivity contribution < 1.29 is 29.7 Å². The highest BCUT2D eigenvalue weighted by atomic mass is 16.4. The lowest BCUT2D eigenvalue weighted by molar-refractivity contribution is -0.159. The summed E-state index contributed by atoms with van der Waals surface area (Å²) in [6, 6.07) is 6.36. The van der Waals surface area contributed by atoms with Crippen LogP contribution >= 0.6 is 0 Å². The van der Waals surface area contributed by atoms with Crippen molar-refractivity contribution in [1.29, 1.82) is 0 Å². The number of aromatic carboxylic acids is 1. The summed E-state index contributed by atoms with van der Waals surface area (Å²) in [6.07, 6.45) is 0. The lowest BCUT2D eigenvalue weighted by atomic mass is 10.2. The molecule has 86 valence electrons. The minimum Gasteiger partial charge on any atom is -0.478 e. The van der Waals surface area contributed by atoms with Gasteiger partial charge in [-0.1, -0.05) is 12.1 Å². The number of anilines is 1. The third-order valence-corrected chi connectivity index (χ3v) is 1.37. The Kier molecular flexibility index (Phi) is 5.05. The minimum atomic E-state index is -1.82. The molecule has 0 heterocycles. The van der Waals surface area contributed by atoms with E-state index in [0.717, 1.165) is 0 Å². The van der Waals surface area contributed by atoms with Gasteiger partial charge >= 0.3 is 17.9 Å². The van der Waals surface area contributed by atoms with Crippen molar-refractivity contribution in [3.8, 4) is 0 Å². The Morgan fingerprint density at radius 3 is 1.62 bits per heavy atom. The van der Waals surface area contributed by atoms with E-state index in [9.17, 15) is 4.79 Å². The molecule has 5 N–H and O–H groups in total. The molecule has 7 nitrogen and oxygen atoms in total. The second kappa shape index (κ2) is 6.02. The first kappa shape index (κ1) is 13.4. The van der Waals surface area contributed by atoms with Crippen molar-refractivity contribution in [3.05, 3.63) is 29.8 Å². The Morgan fingerprint density at radius 1 is 0.938 bits per heavy atom. The van der Waals surface area contributed by atoms with Gasteiger partial charge in [0, 0.05) is 5.69 Å². The number of nitrogen functional groups attached to an aromatic ring is 1. The number of aliphatic carboxylic acids is 2. The fourth-order valence-electron chi connectivity index (χ4n) is 0.692. The normalized spacial score (nSPS) is 8.50. The van der Waals surface area contributed by atoms with Gasteiger partial charge in [0.2, 0.25) is 0 Å². The van der Waals surface area contributed by atoms with Crippen LogP contribution < -0.4 is 5.73 Å². The second-order valence-corrected chi connectivity index (χ2v) is 2.50. The number of nitrogens with two attached hydrogens (primary N) is 1. The molecule has 1 rings (SSSR count). The van der Waals surface area contributed by atoms with Gasteiger partial charge in [-0.15, -0.1) is 0 Å². The van der Waals surface area contributed by atoms with Gasteiger partial charge in [-0.2, -0.15) is 0 Å². The van der Waals surface area contributed by atoms with Gasteiger partial charge in [0.05, 0.1) is 5.56 Å². The largest absolute Gasteiger partial charge is 0.478 e. The van der Waals surface area contributed by atoms with E-state index >= 15 is 0 Å². The van der Waals surface area contributed by atoms with Crippen molar-refractivity contribution in [2.75, 3.05) is 5.73 Å². The summed E-state index contributed by atoms with van der Waals surface area (Å²) in [7, 11) is 0. The lowest BCUT2D eigenvalue weighted by Crippen LogP contribution is -2.09. The topological polar surface area (TPSA) is 138 Å². The second-order valence-electron chi connectivity index (χ2n) is 2.50. The van der Waals surface area contributed by atoms with E-state index in [4.69, 9.17) is 30.6 Å². The van der Waals surface area contributed by atoms with Gasteiger partial charge in [0.1, 0.15) is 0 Å². The number of carboxylic acids is 3. The number of rotatable bonds is 1. The maximum Gasteiger partial charge on any atom is 0.414 e. The molecule has 0 spiro atoms. The molecule has 1 aromatic rings. The van der Waals surface area contributed by atoms with Crippen LogP contribution in [0.4, 0.5) is 5.69 Å². The molecule has 0 saturated carbocycles. The number of para-hydroxylation sites is 1. The fraction of sp³-hybridized carbons (Fsp3) is 0. The first-order valence-electron chi connectivity index (χ1n) is 3.90. The first-order valence-corrected chi connectivity index (χ1v) is 3.90. The van der Waals surface area contributed by atoms with Crippen molar-refractivity contribution in [2.24, 2.45) is 0 Å². The molecule has 0 aromatic heterocycles. The predicted octanol–water partition coefficient (Wildman–Crippen LogP) is 0.123. The molecule has 0 fully saturated rings. The number of benzene rings is 1. The Balaban J connectivity index is 0.000000325. The van der Waals surface area contributed by atoms with Gasteiger partial charge in [-0.3, -0.25) is 0 Å². The van der Waals surface area contributed by atoms with Crippen LogP contribution in [0.3, 0.4) is 0 Å². The van der Waals surface area contributed by atoms with E-state index in [0.29, 0.717) is 5.69 Å². The molecule has 0 aliphatic heterocycles. The van der Waals surface area contributed by atoms with Crippen LogP contribution in [0.5, 0.6) is 0 Å². The van der Waals surface area contributed by atoms with Gasteiger partial charge in [0.25, 0.3) is 0 Å². The highest BCUT2D eigenvalue weighted by Crippen LogP contribution is 2.08. The van der Waals surface area contributed by atoms with E-state index in [1.165, 1.54) is 6.07 Å². The van der Waals surface area contributed by atoms with Crippen LogP contribution in [0.25, 0.3) is 0 Å². The third-order valence-electron chi connectivity index (χ3n) is 1.37. The molecule has 0 amide bonds. The van der Waals surface area contributed by atoms with E-state index < -0.39 is 17.9 Å². The highest BCUT2D eigenvalue weighted by Gasteiger charge is 2.04. The van der Waals surface area contributed by atoms with Crippen molar-refractivity contribution in [1.82, 2.24) is 0 Å². The van der Waals surface area contributed by atoms with E-state index in [1.807, 2.05) is 0 Å². The van der Waals surface area contributed by atoms with Crippen molar-refractivity contribution in [2.45, 2.75) is 0 Å². The average Bonchev–Trinajstić information content (AvgIpc) is 2.18. The van der Waals surface area contributed by atoms with E-state index in [2.05, 4.69) is 0 Å². The zero-order valence-corrected chi connectivity index (χ0v) is 7.95. The molecule has 16 heavy (non-hydrogen) atoms. The fourth-order valence-corrected chi connectivity index (χ4v) is 0.692. The number of carboxylic acid groups (broad SMARTS) is 3. The van der Waals surface area contributed by atoms with Crippen molar-refractivity contribution in [3.63, 3.8) is 0 Å². The van der Waals surface area contributed by atoms with Gasteiger partial charge in [-0.25, -0.2) is 14.4 Å². The molecule has 7 heteroatoms. The molecular formula is C9H9NO6. The summed E-state index contributed by atoms with van der Waals surface area (Å²) in [5.74, 6) is -4.64. The number of hydrogen-bond donors (Lipinski definition) is 4. The van der Waals surface area contributed by atoms with Crippen LogP contribution in [0.1, 0.15) is 10.4 Å². The maximum atomic E-state index is 10.3. The smallest absolute Gasteiger partial charge is 0.414 e. The van der Waals surface area contributed by atoms with Crippen LogP contribution in [-0.4, -0.2) is 33.2 Å². The molecule has 0 aliphatic carbocycles. The molecule has 0 unspecified atom stereocenters. The third kappa shape index (κ3) is 4.61. The Labute approximate surface area is 89.7 Å². The monoisotopic (exact) mass is 227 g/mol. The quantitative estimate of drug-likeness (QED) is 0.394. The van der Waals surface area contributed by atoms with Gasteiger partial charge in [-0.05, 0) is 12.1 Å². The molecule has 0 aliphatic rings. The van der Waals surface area contributed by atoms with E-state index in [1.54, 1.807) is 18.2 Å². The summed E-state index contributed by atoms with van der Waals surface area (Å²) in [6.45, 7) is 0. The van der Waals surface area contributed by atoms with Gasteiger partial charge < -0.3 is 21.1 Å². The summed E-state index contributed by atoms with van der Waals surface area (Å²) in [5.41, 5.74) is 5.80. The van der Waals surface area contributed by atoms with Crippen LogP contribution in [-0.2, 0) is 9.59 Å². The molecule has 0 atom stereocenters. The van der Waals surface area contributed by atoms with Crippen LogP contribution in [0.2, 0.25) is 0 Å². The van der Waals surface area contributed by atoms with E-state index in [-0.39, 0.29) is 5.56 Å². The summed E-state index contributed by atoms with van der Waals surface area (Å²) in [4.78, 5) is 28.5. The zero-order valence-electron chi connectivity index (χ0n) is 7.95. The van der Waals surface area contributed by atoms with Gasteiger partial charge in [0.15, 0.2) is 0 Å². The van der Waals surface area contributed by atoms with Crippen LogP contribution in [0, 0.1) is 0 Å². The number of hydrogen-bond acceptors (Lipinski definition) is 4. The van der Waals surface area contributed by atoms with Crippen LogP contribution in [0.15, 0.2) is 24.3 Å². The standard InChI is InChI=1S/C7H7NO2.C2H2O4/c8-6-4-2-1-3-5(6)7(9)10;3-1(4)2(5)6/h1-4H,8H2,(H,9,10);(H,3,4)(H,5,6). The average molecular weight is 227 g/mol. The number of carbonyl (C=O) groups is 3. The summed E-state index contributed by atoms with van der Waals surface area (Å²) in [5, 5.41) is 23.3. The maximum absolute atomic E-state index is 10.3. The Morgan fingerprint density at radius 2 is 1.38 bits per heavy atom. The highest BCUT2D eigenvalue weighted by molar-refractivity contribution is 6.27. The Bertz CT molecular complexity index is 402. The van der Waals surface area contributed by atoms with Crippen molar-refractivity contribution >= 4 is 23.6 Å². The molecule has 0 saturated heterocycles. The SMILES string of the molecule is Nc1ccccc1C(=O)O.O=C(O)C(=O)O. The summed E-state index contributed by atoms with van der Waals surface area (Å²) >= 11 is 0. The molecule has 0 bridgehead atoms. The predicted molar refractivity (Wildman–Crippen MR) is 53.1 cm³/mol. The molecule has 0 radical (unpaired) electrons. The Hall–Kier alpha value is -2.57. The molecule has 1 aromatic carbocycles. The summed E-state index contributed by atoms with van der Waals surface area (Å²) < 4.78 is 0. The first-order chi connectivity index (χ1) is 7.36. The minimum absolute atomic E-state index is 0.155. The molecular weight excluding hydrogens is 218 g/mol.